The summed E-state index contributed by atoms with van der Waals surface area (Å²) in [4.78, 5) is 36.8. The lowest BCUT2D eigenvalue weighted by atomic mass is 9.73. The fourth-order valence-corrected chi connectivity index (χ4v) is 4.16. The standard InChI is InChI=1S/C20H35N3O6/c1-4-28-16(24)19(3)8-6-15(7-9-19)21-14-20(22-17(25)29-5-2)10-12-23(13-11-20)18(26)27/h15,21H,4-14H2,1-3H3,(H,22,25)(H,26,27)/t15-,19-. The van der Waals surface area contributed by atoms with Crippen LogP contribution in [-0.4, -0.2) is 72.6 Å². The molecule has 0 bridgehead atoms. The minimum atomic E-state index is -0.937. The lowest BCUT2D eigenvalue weighted by Gasteiger charge is -2.43. The first-order chi connectivity index (χ1) is 13.7. The number of ether oxygens (including phenoxy) is 2. The van der Waals surface area contributed by atoms with Crippen molar-refractivity contribution in [1.82, 2.24) is 15.5 Å². The summed E-state index contributed by atoms with van der Waals surface area (Å²) in [5, 5.41) is 15.7. The van der Waals surface area contributed by atoms with Crippen molar-refractivity contribution in [3.63, 3.8) is 0 Å². The van der Waals surface area contributed by atoms with Crippen LogP contribution >= 0.6 is 0 Å². The Morgan fingerprint density at radius 2 is 1.62 bits per heavy atom. The molecule has 0 aromatic heterocycles. The Balaban J connectivity index is 1.92. The van der Waals surface area contributed by atoms with Gasteiger partial charge in [0.25, 0.3) is 0 Å². The number of nitrogens with zero attached hydrogens (tertiary/aromatic N) is 1. The molecule has 1 saturated heterocycles. The van der Waals surface area contributed by atoms with Gasteiger partial charge in [-0.15, -0.1) is 0 Å². The average molecular weight is 414 g/mol. The maximum atomic E-state index is 12.2. The number of esters is 1. The third-order valence-corrected chi connectivity index (χ3v) is 6.22. The Morgan fingerprint density at radius 3 is 2.14 bits per heavy atom. The molecule has 0 atom stereocenters. The fourth-order valence-electron chi connectivity index (χ4n) is 4.16. The van der Waals surface area contributed by atoms with E-state index in [9.17, 15) is 19.5 Å². The van der Waals surface area contributed by atoms with E-state index in [-0.39, 0.29) is 18.6 Å². The molecule has 0 unspecified atom stereocenters. The van der Waals surface area contributed by atoms with Crippen LogP contribution in [0.4, 0.5) is 9.59 Å². The second-order valence-electron chi connectivity index (χ2n) is 8.33. The SMILES string of the molecule is CCOC(=O)NC1(CN[C@H]2CC[C@](C)(C(=O)OCC)CC2)CCN(C(=O)O)CC1. The van der Waals surface area contributed by atoms with Gasteiger partial charge in [-0.3, -0.25) is 4.79 Å². The van der Waals surface area contributed by atoms with Gasteiger partial charge in [0, 0.05) is 25.7 Å². The number of carbonyl (C=O) groups is 3. The van der Waals surface area contributed by atoms with Crippen LogP contribution in [0.15, 0.2) is 0 Å². The first-order valence-electron chi connectivity index (χ1n) is 10.6. The molecular formula is C20H35N3O6. The van der Waals surface area contributed by atoms with Gasteiger partial charge < -0.3 is 30.1 Å². The maximum absolute atomic E-state index is 12.2. The molecule has 29 heavy (non-hydrogen) atoms. The van der Waals surface area contributed by atoms with Crippen molar-refractivity contribution in [3.8, 4) is 0 Å². The molecule has 2 rings (SSSR count). The van der Waals surface area contributed by atoms with Crippen molar-refractivity contribution in [2.75, 3.05) is 32.8 Å². The fraction of sp³-hybridized carbons (Fsp3) is 0.850. The molecule has 2 aliphatic rings. The predicted molar refractivity (Wildman–Crippen MR) is 107 cm³/mol. The highest BCUT2D eigenvalue weighted by molar-refractivity contribution is 5.76. The first-order valence-corrected chi connectivity index (χ1v) is 10.6. The average Bonchev–Trinajstić information content (AvgIpc) is 2.68. The van der Waals surface area contributed by atoms with Crippen LogP contribution in [0.1, 0.15) is 59.3 Å². The topological polar surface area (TPSA) is 117 Å². The number of hydrogen-bond acceptors (Lipinski definition) is 6. The van der Waals surface area contributed by atoms with Crippen molar-refractivity contribution < 1.29 is 29.0 Å². The van der Waals surface area contributed by atoms with Crippen molar-refractivity contribution in [3.05, 3.63) is 0 Å². The molecule has 0 aromatic carbocycles. The number of likely N-dealkylation sites (tertiary alicyclic amines) is 1. The van der Waals surface area contributed by atoms with Gasteiger partial charge in [-0.2, -0.15) is 0 Å². The minimum Gasteiger partial charge on any atom is -0.466 e. The largest absolute Gasteiger partial charge is 0.466 e. The number of rotatable bonds is 7. The normalized spacial score (nSPS) is 26.4. The third kappa shape index (κ3) is 6.22. The number of nitrogens with one attached hydrogen (secondary N) is 2. The molecule has 0 radical (unpaired) electrons. The van der Waals surface area contributed by atoms with E-state index >= 15 is 0 Å². The summed E-state index contributed by atoms with van der Waals surface area (Å²) in [7, 11) is 0. The van der Waals surface area contributed by atoms with Crippen molar-refractivity contribution in [1.29, 1.82) is 0 Å². The Labute approximate surface area is 172 Å². The Bertz CT molecular complexity index is 581. The van der Waals surface area contributed by atoms with Crippen LogP contribution in [0.5, 0.6) is 0 Å². The highest BCUT2D eigenvalue weighted by atomic mass is 16.5. The van der Waals surface area contributed by atoms with Crippen LogP contribution < -0.4 is 10.6 Å². The van der Waals surface area contributed by atoms with Gasteiger partial charge in [0.05, 0.1) is 24.2 Å². The number of hydrogen-bond donors (Lipinski definition) is 3. The lowest BCUT2D eigenvalue weighted by molar-refractivity contribution is -0.156. The van der Waals surface area contributed by atoms with Gasteiger partial charge >= 0.3 is 18.2 Å². The van der Waals surface area contributed by atoms with Crippen molar-refractivity contribution in [2.45, 2.75) is 70.9 Å². The lowest BCUT2D eigenvalue weighted by Crippen LogP contribution is -2.61. The molecule has 9 nitrogen and oxygen atoms in total. The third-order valence-electron chi connectivity index (χ3n) is 6.22. The van der Waals surface area contributed by atoms with Crippen LogP contribution in [-0.2, 0) is 14.3 Å². The van der Waals surface area contributed by atoms with Gasteiger partial charge in [0.2, 0.25) is 0 Å². The number of alkyl carbamates (subject to hydrolysis) is 1. The number of carbonyl (C=O) groups excluding carboxylic acids is 2. The zero-order chi connectivity index (χ0) is 21.5. The van der Waals surface area contributed by atoms with E-state index in [1.165, 1.54) is 4.90 Å². The van der Waals surface area contributed by atoms with Gasteiger partial charge in [-0.05, 0) is 59.3 Å². The van der Waals surface area contributed by atoms with Gasteiger partial charge in [-0.25, -0.2) is 9.59 Å². The molecule has 9 heteroatoms. The molecule has 1 saturated carbocycles. The summed E-state index contributed by atoms with van der Waals surface area (Å²) in [6, 6.07) is 0.246. The van der Waals surface area contributed by atoms with E-state index in [1.54, 1.807) is 6.92 Å². The van der Waals surface area contributed by atoms with Crippen molar-refractivity contribution >= 4 is 18.2 Å². The molecule has 2 fully saturated rings. The second-order valence-corrected chi connectivity index (χ2v) is 8.33. The molecule has 1 aliphatic heterocycles. The van der Waals surface area contributed by atoms with Crippen LogP contribution in [0.3, 0.4) is 0 Å². The van der Waals surface area contributed by atoms with Crippen LogP contribution in [0.2, 0.25) is 0 Å². The summed E-state index contributed by atoms with van der Waals surface area (Å²) < 4.78 is 10.3. The monoisotopic (exact) mass is 413 g/mol. The maximum Gasteiger partial charge on any atom is 0.407 e. The first kappa shape index (κ1) is 23.3. The quantitative estimate of drug-likeness (QED) is 0.548. The zero-order valence-electron chi connectivity index (χ0n) is 17.8. The minimum absolute atomic E-state index is 0.125. The highest BCUT2D eigenvalue weighted by Gasteiger charge is 2.41. The summed E-state index contributed by atoms with van der Waals surface area (Å²) in [6.07, 6.45) is 2.86. The molecule has 166 valence electrons. The highest BCUT2D eigenvalue weighted by Crippen LogP contribution is 2.37. The van der Waals surface area contributed by atoms with E-state index < -0.39 is 23.1 Å². The van der Waals surface area contributed by atoms with E-state index in [4.69, 9.17) is 9.47 Å². The number of piperidine rings is 1. The molecule has 0 aromatic rings. The molecule has 1 aliphatic carbocycles. The molecule has 2 amide bonds. The number of carboxylic acid groups (broad SMARTS) is 1. The van der Waals surface area contributed by atoms with Gasteiger partial charge in [0.1, 0.15) is 0 Å². The van der Waals surface area contributed by atoms with Crippen LogP contribution in [0.25, 0.3) is 0 Å². The van der Waals surface area contributed by atoms with E-state index in [0.29, 0.717) is 39.1 Å². The molecule has 3 N–H and O–H groups in total. The predicted octanol–water partition coefficient (Wildman–Crippen LogP) is 2.35. The summed E-state index contributed by atoms with van der Waals surface area (Å²) in [5.41, 5.74) is -0.970. The smallest absolute Gasteiger partial charge is 0.407 e. The Morgan fingerprint density at radius 1 is 1.03 bits per heavy atom. The van der Waals surface area contributed by atoms with Gasteiger partial charge in [0.15, 0.2) is 0 Å². The molecular weight excluding hydrogens is 378 g/mol. The number of amides is 2. The summed E-state index contributed by atoms with van der Waals surface area (Å²) in [6.45, 7) is 7.49. The van der Waals surface area contributed by atoms with E-state index in [2.05, 4.69) is 10.6 Å². The molecule has 1 heterocycles. The van der Waals surface area contributed by atoms with E-state index in [0.717, 1.165) is 25.7 Å². The molecule has 0 spiro atoms. The van der Waals surface area contributed by atoms with Crippen molar-refractivity contribution in [2.24, 2.45) is 5.41 Å². The summed E-state index contributed by atoms with van der Waals surface area (Å²) >= 11 is 0. The van der Waals surface area contributed by atoms with Gasteiger partial charge in [-0.1, -0.05) is 0 Å². The van der Waals surface area contributed by atoms with E-state index in [1.807, 2.05) is 13.8 Å². The summed E-state index contributed by atoms with van der Waals surface area (Å²) in [5.74, 6) is -0.125. The zero-order valence-corrected chi connectivity index (χ0v) is 17.8. The second kappa shape index (κ2) is 10.1. The Hall–Kier alpha value is -2.03. The Kier molecular flexibility index (Phi) is 8.13. The van der Waals surface area contributed by atoms with Crippen LogP contribution in [0, 0.1) is 5.41 Å².